The van der Waals surface area contributed by atoms with Gasteiger partial charge >= 0.3 is 5.97 Å². The highest BCUT2D eigenvalue weighted by Crippen LogP contribution is 2.25. The van der Waals surface area contributed by atoms with Crippen LogP contribution in [0.3, 0.4) is 0 Å². The fraction of sp³-hybridized carbons (Fsp3) is 0.552. The molecule has 0 bridgehead atoms. The molecule has 10 nitrogen and oxygen atoms in total. The second kappa shape index (κ2) is 11.9. The predicted molar refractivity (Wildman–Crippen MR) is 147 cm³/mol. The Hall–Kier alpha value is -3.87. The minimum atomic E-state index is -1.37. The van der Waals surface area contributed by atoms with E-state index in [1.54, 1.807) is 42.7 Å². The lowest BCUT2D eigenvalue weighted by Gasteiger charge is -2.26. The average Bonchev–Trinajstić information content (AvgIpc) is 3.49. The number of carbonyl (C=O) groups excluding carboxylic acids is 3. The van der Waals surface area contributed by atoms with Gasteiger partial charge in [0.25, 0.3) is 0 Å². The Balaban J connectivity index is 1.64. The normalized spacial score (nSPS) is 19.5. The van der Waals surface area contributed by atoms with E-state index in [9.17, 15) is 19.6 Å². The monoisotopic (exact) mass is 535 g/mol. The van der Waals surface area contributed by atoms with Gasteiger partial charge in [0.15, 0.2) is 0 Å². The van der Waals surface area contributed by atoms with Gasteiger partial charge in [-0.3, -0.25) is 19.4 Å². The summed E-state index contributed by atoms with van der Waals surface area (Å²) in [5.41, 5.74) is 0.487. The number of fused-ring (bicyclic) bond motifs is 1. The molecule has 2 saturated heterocycles. The van der Waals surface area contributed by atoms with Crippen molar-refractivity contribution in [3.8, 4) is 6.07 Å². The number of amidine groups is 1. The molecule has 2 fully saturated rings. The van der Waals surface area contributed by atoms with Crippen LogP contribution in [0.4, 0.5) is 5.69 Å². The first kappa shape index (κ1) is 28.1. The zero-order valence-electron chi connectivity index (χ0n) is 23.2. The summed E-state index contributed by atoms with van der Waals surface area (Å²) in [5, 5.41) is 14.0. The molecule has 0 radical (unpaired) electrons. The largest absolute Gasteiger partial charge is 0.461 e. The number of hydrogen-bond acceptors (Lipinski definition) is 7. The van der Waals surface area contributed by atoms with Gasteiger partial charge in [0.1, 0.15) is 28.8 Å². The molecule has 0 spiro atoms. The van der Waals surface area contributed by atoms with Crippen molar-refractivity contribution >= 4 is 40.3 Å². The topological polar surface area (TPSA) is 128 Å². The maximum Gasteiger partial charge on any atom is 0.331 e. The van der Waals surface area contributed by atoms with Crippen LogP contribution in [0.25, 0.3) is 11.0 Å². The van der Waals surface area contributed by atoms with Crippen molar-refractivity contribution < 1.29 is 23.5 Å². The fourth-order valence-corrected chi connectivity index (χ4v) is 4.93. The first-order valence-corrected chi connectivity index (χ1v) is 13.6. The van der Waals surface area contributed by atoms with E-state index in [2.05, 4.69) is 10.3 Å². The molecule has 2 atom stereocenters. The maximum absolute atomic E-state index is 13.6. The van der Waals surface area contributed by atoms with Crippen LogP contribution < -0.4 is 5.32 Å². The first-order valence-electron chi connectivity index (χ1n) is 13.6. The number of carbonyl (C=O) groups is 3. The lowest BCUT2D eigenvalue weighted by Crippen LogP contribution is -2.45. The molecular weight excluding hydrogens is 498 g/mol. The number of nitriles is 1. The summed E-state index contributed by atoms with van der Waals surface area (Å²) in [5.74, 6) is -1.66. The Kier molecular flexibility index (Phi) is 8.58. The van der Waals surface area contributed by atoms with Gasteiger partial charge in [-0.1, -0.05) is 0 Å². The number of ether oxygens (including phenoxy) is 1. The van der Waals surface area contributed by atoms with Crippen LogP contribution in [0.2, 0.25) is 0 Å². The highest BCUT2D eigenvalue weighted by Gasteiger charge is 2.34. The van der Waals surface area contributed by atoms with E-state index in [1.807, 2.05) is 25.1 Å². The van der Waals surface area contributed by atoms with Crippen LogP contribution >= 0.6 is 0 Å². The molecule has 2 amide bonds. The molecule has 1 N–H and O–H groups in total. The number of aryl methyl sites for hydroxylation is 1. The van der Waals surface area contributed by atoms with Gasteiger partial charge in [-0.15, -0.1) is 0 Å². The summed E-state index contributed by atoms with van der Waals surface area (Å²) in [6.07, 6.45) is 3.88. The smallest absolute Gasteiger partial charge is 0.331 e. The molecule has 2 aliphatic rings. The minimum absolute atomic E-state index is 0.0118. The summed E-state index contributed by atoms with van der Waals surface area (Å²) >= 11 is 0. The van der Waals surface area contributed by atoms with Crippen molar-refractivity contribution in [1.82, 2.24) is 9.80 Å². The quantitative estimate of drug-likeness (QED) is 0.336. The third-order valence-electron chi connectivity index (χ3n) is 6.79. The molecular formula is C29H37N5O5. The van der Waals surface area contributed by atoms with E-state index >= 15 is 0 Å². The zero-order valence-corrected chi connectivity index (χ0v) is 23.2. The van der Waals surface area contributed by atoms with Crippen LogP contribution in [-0.4, -0.2) is 71.2 Å². The van der Waals surface area contributed by atoms with Crippen molar-refractivity contribution in [3.63, 3.8) is 0 Å². The van der Waals surface area contributed by atoms with Gasteiger partial charge in [0, 0.05) is 30.7 Å². The Labute approximate surface area is 229 Å². The lowest BCUT2D eigenvalue weighted by molar-refractivity contribution is -0.155. The average molecular weight is 536 g/mol. The molecule has 10 heteroatoms. The van der Waals surface area contributed by atoms with Crippen molar-refractivity contribution in [2.24, 2.45) is 10.9 Å². The van der Waals surface area contributed by atoms with E-state index in [4.69, 9.17) is 9.15 Å². The number of benzene rings is 1. The number of amides is 2. The number of rotatable bonds is 6. The molecule has 0 aliphatic carbocycles. The SMILES string of the molecule is Cc1cc2cc(NC(=N[C@H]3CCCCN(CC(=O)N4CCCC4)C3=O)C(C#N)C(=O)OC(C)(C)C)ccc2o1. The number of esters is 1. The van der Waals surface area contributed by atoms with Crippen molar-refractivity contribution in [2.45, 2.75) is 71.4 Å². The molecule has 2 aromatic rings. The lowest BCUT2D eigenvalue weighted by atomic mass is 10.1. The van der Waals surface area contributed by atoms with Crippen LogP contribution in [-0.2, 0) is 19.1 Å². The van der Waals surface area contributed by atoms with Crippen molar-refractivity contribution in [3.05, 3.63) is 30.0 Å². The number of hydrogen-bond donors (Lipinski definition) is 1. The Bertz CT molecular complexity index is 1300. The molecule has 1 aromatic carbocycles. The second-order valence-electron chi connectivity index (χ2n) is 11.2. The van der Waals surface area contributed by atoms with Crippen LogP contribution in [0.5, 0.6) is 0 Å². The van der Waals surface area contributed by atoms with E-state index in [1.165, 1.54) is 0 Å². The molecule has 39 heavy (non-hydrogen) atoms. The van der Waals surface area contributed by atoms with Gasteiger partial charge in [0.05, 0.1) is 12.6 Å². The summed E-state index contributed by atoms with van der Waals surface area (Å²) in [6.45, 7) is 8.95. The molecule has 4 rings (SSSR count). The summed E-state index contributed by atoms with van der Waals surface area (Å²) in [6, 6.07) is 8.46. The fourth-order valence-electron chi connectivity index (χ4n) is 4.93. The van der Waals surface area contributed by atoms with Crippen LogP contribution in [0.1, 0.15) is 58.6 Å². The molecule has 3 heterocycles. The number of anilines is 1. The Morgan fingerprint density at radius 2 is 1.90 bits per heavy atom. The third-order valence-corrected chi connectivity index (χ3v) is 6.79. The number of furan rings is 1. The highest BCUT2D eigenvalue weighted by atomic mass is 16.6. The number of aliphatic imine (C=N–C) groups is 1. The summed E-state index contributed by atoms with van der Waals surface area (Å²) in [4.78, 5) is 47.5. The van der Waals surface area contributed by atoms with E-state index in [0.29, 0.717) is 24.2 Å². The van der Waals surface area contributed by atoms with Crippen LogP contribution in [0.15, 0.2) is 33.7 Å². The summed E-state index contributed by atoms with van der Waals surface area (Å²) in [7, 11) is 0. The van der Waals surface area contributed by atoms with Crippen molar-refractivity contribution in [2.75, 3.05) is 31.5 Å². The van der Waals surface area contributed by atoms with Gasteiger partial charge < -0.3 is 24.3 Å². The Morgan fingerprint density at radius 1 is 1.18 bits per heavy atom. The molecule has 2 aliphatic heterocycles. The minimum Gasteiger partial charge on any atom is -0.461 e. The molecule has 1 unspecified atom stereocenters. The predicted octanol–water partition coefficient (Wildman–Crippen LogP) is 4.04. The third kappa shape index (κ3) is 7.16. The highest BCUT2D eigenvalue weighted by molar-refractivity contribution is 6.11. The first-order chi connectivity index (χ1) is 18.5. The van der Waals surface area contributed by atoms with Gasteiger partial charge in [-0.2, -0.15) is 5.26 Å². The van der Waals surface area contributed by atoms with Crippen LogP contribution in [0, 0.1) is 24.2 Å². The standard InChI is InChI=1S/C29H37N5O5/c1-19-15-20-16-21(10-11-24(20)38-19)31-26(22(17-30)28(37)39-29(2,3)4)32-23-9-5-6-14-34(27(23)36)18-25(35)33-12-7-8-13-33/h10-11,15-16,22-23H,5-9,12-14,18H2,1-4H3,(H,31,32)/t22?,23-/m0/s1. The number of nitrogens with zero attached hydrogens (tertiary/aromatic N) is 4. The molecule has 208 valence electrons. The van der Waals surface area contributed by atoms with Gasteiger partial charge in [-0.25, -0.2) is 0 Å². The molecule has 1 aromatic heterocycles. The van der Waals surface area contributed by atoms with E-state index in [0.717, 1.165) is 49.9 Å². The molecule has 0 saturated carbocycles. The van der Waals surface area contributed by atoms with E-state index in [-0.39, 0.29) is 24.2 Å². The van der Waals surface area contributed by atoms with Gasteiger partial charge in [-0.05, 0) is 84.1 Å². The van der Waals surface area contributed by atoms with E-state index < -0.39 is 23.5 Å². The number of likely N-dealkylation sites (tertiary alicyclic amines) is 2. The summed E-state index contributed by atoms with van der Waals surface area (Å²) < 4.78 is 11.2. The maximum atomic E-state index is 13.6. The second-order valence-corrected chi connectivity index (χ2v) is 11.2. The Morgan fingerprint density at radius 3 is 2.59 bits per heavy atom. The van der Waals surface area contributed by atoms with Crippen molar-refractivity contribution in [1.29, 1.82) is 5.26 Å². The zero-order chi connectivity index (χ0) is 28.2. The number of nitrogens with one attached hydrogen (secondary N) is 1. The van der Waals surface area contributed by atoms with Gasteiger partial charge in [0.2, 0.25) is 17.7 Å².